The summed E-state index contributed by atoms with van der Waals surface area (Å²) in [6, 6.07) is 15.5. The second-order valence-electron chi connectivity index (χ2n) is 5.57. The average molecular weight is 281 g/mol. The maximum Gasteiger partial charge on any atom is 0.167 e. The van der Waals surface area contributed by atoms with Crippen LogP contribution < -0.4 is 10.1 Å². The molecule has 0 saturated heterocycles. The Bertz CT molecular complexity index is 664. The standard InChI is InChI=1S/C18H19NO2/c1-12(2)21-18-10-6-4-8-14(18)16-11-17(20)13-7-3-5-9-15(13)19-16/h3-10,12,16,19H,11H2,1-2H3/t16-/m1/s1. The van der Waals surface area contributed by atoms with E-state index >= 15 is 0 Å². The molecule has 1 N–H and O–H groups in total. The molecule has 2 aromatic carbocycles. The molecule has 0 aromatic heterocycles. The second-order valence-corrected chi connectivity index (χ2v) is 5.57. The van der Waals surface area contributed by atoms with E-state index in [0.29, 0.717) is 6.42 Å². The summed E-state index contributed by atoms with van der Waals surface area (Å²) in [6.45, 7) is 4.01. The normalized spacial score (nSPS) is 17.3. The van der Waals surface area contributed by atoms with Gasteiger partial charge in [0.1, 0.15) is 5.75 Å². The number of ketones is 1. The Morgan fingerprint density at radius 1 is 1.10 bits per heavy atom. The first-order chi connectivity index (χ1) is 10.1. The van der Waals surface area contributed by atoms with Crippen LogP contribution in [0.25, 0.3) is 0 Å². The van der Waals surface area contributed by atoms with Gasteiger partial charge in [-0.05, 0) is 32.0 Å². The minimum Gasteiger partial charge on any atom is -0.491 e. The van der Waals surface area contributed by atoms with E-state index in [1.165, 1.54) is 0 Å². The first-order valence-electron chi connectivity index (χ1n) is 7.29. The summed E-state index contributed by atoms with van der Waals surface area (Å²) in [5, 5.41) is 3.46. The summed E-state index contributed by atoms with van der Waals surface area (Å²) in [7, 11) is 0. The molecule has 3 heteroatoms. The van der Waals surface area contributed by atoms with Gasteiger partial charge in [0.25, 0.3) is 0 Å². The number of ether oxygens (including phenoxy) is 1. The number of rotatable bonds is 3. The van der Waals surface area contributed by atoms with Crippen LogP contribution in [0.15, 0.2) is 48.5 Å². The Hall–Kier alpha value is -2.29. The lowest BCUT2D eigenvalue weighted by molar-refractivity contribution is 0.0972. The molecule has 0 amide bonds. The molecule has 2 aromatic rings. The molecule has 0 fully saturated rings. The van der Waals surface area contributed by atoms with Crippen LogP contribution in [0.4, 0.5) is 5.69 Å². The molecule has 1 heterocycles. The van der Waals surface area contributed by atoms with E-state index in [9.17, 15) is 4.79 Å². The van der Waals surface area contributed by atoms with Gasteiger partial charge in [-0.3, -0.25) is 4.79 Å². The average Bonchev–Trinajstić information content (AvgIpc) is 2.47. The highest BCUT2D eigenvalue weighted by Crippen LogP contribution is 2.36. The number of benzene rings is 2. The maximum absolute atomic E-state index is 12.3. The smallest absolute Gasteiger partial charge is 0.167 e. The fraction of sp³-hybridized carbons (Fsp3) is 0.278. The Balaban J connectivity index is 1.94. The van der Waals surface area contributed by atoms with Crippen molar-refractivity contribution in [2.75, 3.05) is 5.32 Å². The van der Waals surface area contributed by atoms with Crippen LogP contribution in [0.3, 0.4) is 0 Å². The summed E-state index contributed by atoms with van der Waals surface area (Å²) >= 11 is 0. The molecule has 1 aliphatic heterocycles. The lowest BCUT2D eigenvalue weighted by atomic mass is 9.92. The van der Waals surface area contributed by atoms with Gasteiger partial charge in [0.15, 0.2) is 5.78 Å². The number of carbonyl (C=O) groups is 1. The Kier molecular flexibility index (Phi) is 3.65. The van der Waals surface area contributed by atoms with Crippen LogP contribution in [0.1, 0.15) is 42.2 Å². The van der Waals surface area contributed by atoms with E-state index in [0.717, 1.165) is 22.6 Å². The summed E-state index contributed by atoms with van der Waals surface area (Å²) in [5.74, 6) is 1.02. The van der Waals surface area contributed by atoms with Gasteiger partial charge in [-0.2, -0.15) is 0 Å². The third-order valence-electron chi connectivity index (χ3n) is 3.60. The van der Waals surface area contributed by atoms with E-state index in [-0.39, 0.29) is 17.9 Å². The largest absolute Gasteiger partial charge is 0.491 e. The fourth-order valence-electron chi connectivity index (χ4n) is 2.70. The summed E-state index contributed by atoms with van der Waals surface area (Å²) < 4.78 is 5.87. The van der Waals surface area contributed by atoms with Gasteiger partial charge in [-0.25, -0.2) is 0 Å². The maximum atomic E-state index is 12.3. The molecule has 3 rings (SSSR count). The lowest BCUT2D eigenvalue weighted by Crippen LogP contribution is -2.23. The number of hydrogen-bond donors (Lipinski definition) is 1. The van der Waals surface area contributed by atoms with Gasteiger partial charge in [-0.1, -0.05) is 30.3 Å². The van der Waals surface area contributed by atoms with Crippen molar-refractivity contribution in [1.29, 1.82) is 0 Å². The van der Waals surface area contributed by atoms with Gasteiger partial charge >= 0.3 is 0 Å². The van der Waals surface area contributed by atoms with E-state index in [1.807, 2.05) is 62.4 Å². The number of anilines is 1. The van der Waals surface area contributed by atoms with Crippen LogP contribution >= 0.6 is 0 Å². The number of para-hydroxylation sites is 2. The molecule has 1 aliphatic rings. The predicted octanol–water partition coefficient (Wildman–Crippen LogP) is 4.21. The van der Waals surface area contributed by atoms with Crippen molar-refractivity contribution < 1.29 is 9.53 Å². The first kappa shape index (κ1) is 13.7. The molecule has 0 bridgehead atoms. The highest BCUT2D eigenvalue weighted by molar-refractivity contribution is 6.03. The highest BCUT2D eigenvalue weighted by Gasteiger charge is 2.27. The van der Waals surface area contributed by atoms with Crippen LogP contribution in [-0.2, 0) is 0 Å². The van der Waals surface area contributed by atoms with Crippen LogP contribution in [0.2, 0.25) is 0 Å². The zero-order valence-electron chi connectivity index (χ0n) is 12.3. The third-order valence-corrected chi connectivity index (χ3v) is 3.60. The highest BCUT2D eigenvalue weighted by atomic mass is 16.5. The number of fused-ring (bicyclic) bond motifs is 1. The molecule has 108 valence electrons. The van der Waals surface area contributed by atoms with Crippen LogP contribution in [-0.4, -0.2) is 11.9 Å². The Morgan fingerprint density at radius 3 is 2.62 bits per heavy atom. The zero-order valence-corrected chi connectivity index (χ0v) is 12.3. The van der Waals surface area contributed by atoms with Crippen molar-refractivity contribution in [3.8, 4) is 5.75 Å². The van der Waals surface area contributed by atoms with Crippen molar-refractivity contribution in [3.05, 3.63) is 59.7 Å². The quantitative estimate of drug-likeness (QED) is 0.915. The van der Waals surface area contributed by atoms with Gasteiger partial charge in [0.05, 0.1) is 12.1 Å². The number of hydrogen-bond acceptors (Lipinski definition) is 3. The molecular weight excluding hydrogens is 262 g/mol. The van der Waals surface area contributed by atoms with E-state index in [2.05, 4.69) is 5.32 Å². The molecule has 0 aliphatic carbocycles. The number of carbonyl (C=O) groups excluding carboxylic acids is 1. The second kappa shape index (κ2) is 5.60. The summed E-state index contributed by atoms with van der Waals surface area (Å²) in [4.78, 5) is 12.3. The van der Waals surface area contributed by atoms with Gasteiger partial charge in [0.2, 0.25) is 0 Å². The van der Waals surface area contributed by atoms with Crippen molar-refractivity contribution in [1.82, 2.24) is 0 Å². The fourth-order valence-corrected chi connectivity index (χ4v) is 2.70. The van der Waals surface area contributed by atoms with Crippen molar-refractivity contribution >= 4 is 11.5 Å². The molecule has 21 heavy (non-hydrogen) atoms. The van der Waals surface area contributed by atoms with Crippen LogP contribution in [0.5, 0.6) is 5.75 Å². The van der Waals surface area contributed by atoms with Gasteiger partial charge in [-0.15, -0.1) is 0 Å². The predicted molar refractivity (Wildman–Crippen MR) is 84.0 cm³/mol. The Labute approximate surface area is 124 Å². The van der Waals surface area contributed by atoms with Gasteiger partial charge < -0.3 is 10.1 Å². The monoisotopic (exact) mass is 281 g/mol. The summed E-state index contributed by atoms with van der Waals surface area (Å²) in [6.07, 6.45) is 0.563. The third kappa shape index (κ3) is 2.77. The van der Waals surface area contributed by atoms with Crippen LogP contribution in [0, 0.1) is 0 Å². The number of Topliss-reactive ketones (excluding diaryl/α,β-unsaturated/α-hetero) is 1. The van der Waals surface area contributed by atoms with E-state index < -0.39 is 0 Å². The number of nitrogens with one attached hydrogen (secondary N) is 1. The minimum absolute atomic E-state index is 0.0395. The molecule has 0 unspecified atom stereocenters. The zero-order chi connectivity index (χ0) is 14.8. The molecule has 0 saturated carbocycles. The van der Waals surface area contributed by atoms with Gasteiger partial charge in [0, 0.05) is 23.2 Å². The molecule has 3 nitrogen and oxygen atoms in total. The molecular formula is C18H19NO2. The molecule has 0 radical (unpaired) electrons. The van der Waals surface area contributed by atoms with Crippen molar-refractivity contribution in [2.45, 2.75) is 32.4 Å². The minimum atomic E-state index is -0.0395. The molecule has 1 atom stereocenters. The topological polar surface area (TPSA) is 38.3 Å². The molecule has 0 spiro atoms. The SMILES string of the molecule is CC(C)Oc1ccccc1[C@H]1CC(=O)c2ccccc2N1. The van der Waals surface area contributed by atoms with Crippen molar-refractivity contribution in [3.63, 3.8) is 0 Å². The van der Waals surface area contributed by atoms with E-state index in [4.69, 9.17) is 4.74 Å². The lowest BCUT2D eigenvalue weighted by Gasteiger charge is -2.28. The first-order valence-corrected chi connectivity index (χ1v) is 7.29. The Morgan fingerprint density at radius 2 is 1.81 bits per heavy atom. The van der Waals surface area contributed by atoms with Crippen molar-refractivity contribution in [2.24, 2.45) is 0 Å². The van der Waals surface area contributed by atoms with E-state index in [1.54, 1.807) is 0 Å². The summed E-state index contributed by atoms with van der Waals surface area (Å²) in [5.41, 5.74) is 2.71.